The molecule has 1 aliphatic rings. The minimum atomic E-state index is 0. The van der Waals surface area contributed by atoms with Crippen LogP contribution in [0.15, 0.2) is 17.0 Å². The molecule has 1 saturated heterocycles. The summed E-state index contributed by atoms with van der Waals surface area (Å²) in [5, 5.41) is 3.33. The molecule has 1 atom stereocenters. The highest BCUT2D eigenvalue weighted by Crippen LogP contribution is 2.21. The highest BCUT2D eigenvalue weighted by atomic mass is 35.5. The van der Waals surface area contributed by atoms with Gasteiger partial charge < -0.3 is 9.73 Å². The van der Waals surface area contributed by atoms with Crippen LogP contribution in [0.3, 0.4) is 0 Å². The molecular weight excluding hydrogens is 164 g/mol. The van der Waals surface area contributed by atoms with Gasteiger partial charge in [0.2, 0.25) is 0 Å². The van der Waals surface area contributed by atoms with Crippen LogP contribution in [-0.4, -0.2) is 11.5 Å². The van der Waals surface area contributed by atoms with Crippen LogP contribution in [-0.2, 0) is 0 Å². The summed E-state index contributed by atoms with van der Waals surface area (Å²) in [6.45, 7) is 1.10. The molecule has 1 aromatic rings. The summed E-state index contributed by atoms with van der Waals surface area (Å²) in [5.74, 6) is 0.970. The van der Waals surface area contributed by atoms with Crippen molar-refractivity contribution in [3.05, 3.63) is 18.4 Å². The Kier molecular flexibility index (Phi) is 2.91. The smallest absolute Gasteiger partial charge is 0.180 e. The zero-order valence-corrected chi connectivity index (χ0v) is 6.93. The Bertz CT molecular complexity index is 194. The Balaban J connectivity index is 0.000000605. The van der Waals surface area contributed by atoms with E-state index in [4.69, 9.17) is 4.42 Å². The second-order valence-electron chi connectivity index (χ2n) is 2.55. The summed E-state index contributed by atoms with van der Waals surface area (Å²) < 4.78 is 5.14. The minimum absolute atomic E-state index is 0. The molecule has 2 heterocycles. The molecule has 3 nitrogen and oxygen atoms in total. The number of hydrogen-bond acceptors (Lipinski definition) is 3. The maximum Gasteiger partial charge on any atom is 0.180 e. The Labute approximate surface area is 71.6 Å². The highest BCUT2D eigenvalue weighted by molar-refractivity contribution is 5.85. The van der Waals surface area contributed by atoms with Gasteiger partial charge in [-0.3, -0.25) is 0 Å². The lowest BCUT2D eigenvalue weighted by atomic mass is 10.2. The summed E-state index contributed by atoms with van der Waals surface area (Å²) in [6.07, 6.45) is 5.68. The Morgan fingerprint density at radius 1 is 1.64 bits per heavy atom. The van der Waals surface area contributed by atoms with Crippen LogP contribution in [0.2, 0.25) is 0 Å². The molecule has 0 spiro atoms. The predicted octanol–water partition coefficient (Wildman–Crippen LogP) is 1.52. The Morgan fingerprint density at radius 2 is 2.55 bits per heavy atom. The van der Waals surface area contributed by atoms with E-state index in [2.05, 4.69) is 10.3 Å². The lowest BCUT2D eigenvalue weighted by Crippen LogP contribution is -2.11. The maximum atomic E-state index is 5.14. The fourth-order valence-electron chi connectivity index (χ4n) is 1.33. The van der Waals surface area contributed by atoms with Crippen molar-refractivity contribution in [1.29, 1.82) is 0 Å². The van der Waals surface area contributed by atoms with Gasteiger partial charge in [-0.2, -0.15) is 0 Å². The number of nitrogens with one attached hydrogen (secondary N) is 1. The molecular formula is C7H11ClN2O. The summed E-state index contributed by atoms with van der Waals surface area (Å²) >= 11 is 0. The highest BCUT2D eigenvalue weighted by Gasteiger charge is 2.18. The normalized spacial score (nSPS) is 23.1. The average molecular weight is 175 g/mol. The molecule has 0 saturated carbocycles. The summed E-state index contributed by atoms with van der Waals surface area (Å²) in [5.41, 5.74) is 0. The van der Waals surface area contributed by atoms with Crippen LogP contribution < -0.4 is 5.32 Å². The van der Waals surface area contributed by atoms with Gasteiger partial charge in [0.15, 0.2) is 6.39 Å². The third-order valence-corrected chi connectivity index (χ3v) is 1.86. The molecule has 0 bridgehead atoms. The predicted molar refractivity (Wildman–Crippen MR) is 43.7 cm³/mol. The van der Waals surface area contributed by atoms with E-state index in [0.717, 1.165) is 12.3 Å². The van der Waals surface area contributed by atoms with Gasteiger partial charge in [-0.15, -0.1) is 12.4 Å². The van der Waals surface area contributed by atoms with Crippen molar-refractivity contribution in [1.82, 2.24) is 10.3 Å². The van der Waals surface area contributed by atoms with Gasteiger partial charge in [0.05, 0.1) is 12.2 Å². The van der Waals surface area contributed by atoms with Crippen molar-refractivity contribution in [2.75, 3.05) is 6.54 Å². The number of rotatable bonds is 1. The van der Waals surface area contributed by atoms with Crippen LogP contribution in [0.4, 0.5) is 0 Å². The molecule has 0 aliphatic carbocycles. The van der Waals surface area contributed by atoms with Crippen molar-refractivity contribution in [2.24, 2.45) is 0 Å². The summed E-state index contributed by atoms with van der Waals surface area (Å²) in [7, 11) is 0. The molecule has 11 heavy (non-hydrogen) atoms. The van der Waals surface area contributed by atoms with E-state index in [9.17, 15) is 0 Å². The Hall–Kier alpha value is -0.540. The van der Waals surface area contributed by atoms with Crippen LogP contribution in [0.25, 0.3) is 0 Å². The number of nitrogens with zero attached hydrogens (tertiary/aromatic N) is 1. The fraction of sp³-hybridized carbons (Fsp3) is 0.571. The van der Waals surface area contributed by atoms with Crippen LogP contribution in [0.5, 0.6) is 0 Å². The second-order valence-corrected chi connectivity index (χ2v) is 2.55. The van der Waals surface area contributed by atoms with E-state index in [1.54, 1.807) is 6.20 Å². The standard InChI is InChI=1S/C7H10N2O.ClH/c1-2-6(9-3-1)7-4-8-5-10-7;/h4-6,9H,1-3H2;1H/t6-;/m1./s1. The molecule has 2 rings (SSSR count). The quantitative estimate of drug-likeness (QED) is 0.702. The fourth-order valence-corrected chi connectivity index (χ4v) is 1.33. The first-order chi connectivity index (χ1) is 4.97. The second kappa shape index (κ2) is 3.74. The van der Waals surface area contributed by atoms with Gasteiger partial charge in [0.1, 0.15) is 5.76 Å². The van der Waals surface area contributed by atoms with Gasteiger partial charge in [0.25, 0.3) is 0 Å². The van der Waals surface area contributed by atoms with Crippen LogP contribution in [0, 0.1) is 0 Å². The molecule has 1 N–H and O–H groups in total. The summed E-state index contributed by atoms with van der Waals surface area (Å²) in [6, 6.07) is 0.419. The van der Waals surface area contributed by atoms with Crippen LogP contribution in [0.1, 0.15) is 24.6 Å². The number of oxazole rings is 1. The number of halogens is 1. The molecule has 0 unspecified atom stereocenters. The van der Waals surface area contributed by atoms with Gasteiger partial charge in [-0.1, -0.05) is 0 Å². The first-order valence-electron chi connectivity index (χ1n) is 3.58. The van der Waals surface area contributed by atoms with Gasteiger partial charge in [-0.25, -0.2) is 4.98 Å². The lowest BCUT2D eigenvalue weighted by molar-refractivity contribution is 0.443. The van der Waals surface area contributed by atoms with E-state index in [1.807, 2.05) is 0 Å². The Morgan fingerprint density at radius 3 is 3.09 bits per heavy atom. The first-order valence-corrected chi connectivity index (χ1v) is 3.58. The van der Waals surface area contributed by atoms with Crippen LogP contribution >= 0.6 is 12.4 Å². The zero-order chi connectivity index (χ0) is 6.81. The molecule has 1 fully saturated rings. The first kappa shape index (κ1) is 8.56. The van der Waals surface area contributed by atoms with Crippen molar-refractivity contribution in [3.8, 4) is 0 Å². The van der Waals surface area contributed by atoms with E-state index < -0.39 is 0 Å². The average Bonchev–Trinajstić information content (AvgIpc) is 2.59. The van der Waals surface area contributed by atoms with Gasteiger partial charge in [0, 0.05) is 0 Å². The van der Waals surface area contributed by atoms with Gasteiger partial charge in [-0.05, 0) is 19.4 Å². The largest absolute Gasteiger partial charge is 0.447 e. The third-order valence-electron chi connectivity index (χ3n) is 1.86. The number of aromatic nitrogens is 1. The van der Waals surface area contributed by atoms with Crippen molar-refractivity contribution >= 4 is 12.4 Å². The molecule has 1 aromatic heterocycles. The molecule has 0 amide bonds. The maximum absolute atomic E-state index is 5.14. The third kappa shape index (κ3) is 1.73. The molecule has 0 aromatic carbocycles. The van der Waals surface area contributed by atoms with E-state index in [-0.39, 0.29) is 12.4 Å². The van der Waals surface area contributed by atoms with E-state index >= 15 is 0 Å². The molecule has 1 aliphatic heterocycles. The number of hydrogen-bond donors (Lipinski definition) is 1. The molecule has 0 radical (unpaired) electrons. The molecule has 62 valence electrons. The van der Waals surface area contributed by atoms with Crippen molar-refractivity contribution in [3.63, 3.8) is 0 Å². The SMILES string of the molecule is Cl.c1ncc([C@H]2CCCN2)o1. The summed E-state index contributed by atoms with van der Waals surface area (Å²) in [4.78, 5) is 3.86. The van der Waals surface area contributed by atoms with E-state index in [0.29, 0.717) is 6.04 Å². The van der Waals surface area contributed by atoms with Crippen molar-refractivity contribution in [2.45, 2.75) is 18.9 Å². The van der Waals surface area contributed by atoms with Gasteiger partial charge >= 0.3 is 0 Å². The minimum Gasteiger partial charge on any atom is -0.447 e. The monoisotopic (exact) mass is 174 g/mol. The lowest BCUT2D eigenvalue weighted by Gasteiger charge is -2.02. The zero-order valence-electron chi connectivity index (χ0n) is 6.12. The van der Waals surface area contributed by atoms with E-state index in [1.165, 1.54) is 19.2 Å². The van der Waals surface area contributed by atoms with Crippen molar-refractivity contribution < 1.29 is 4.42 Å². The molecule has 4 heteroatoms. The topological polar surface area (TPSA) is 38.1 Å².